The maximum atomic E-state index is 16.7. The summed E-state index contributed by atoms with van der Waals surface area (Å²) in [6, 6.07) is 3.16. The van der Waals surface area contributed by atoms with Gasteiger partial charge in [-0.05, 0) is 69.3 Å². The highest BCUT2D eigenvalue weighted by Crippen LogP contribution is 2.44. The fraction of sp³-hybridized carbons (Fsp3) is 0.567. The molecule has 2 unspecified atom stereocenters. The average molecular weight is 604 g/mol. The van der Waals surface area contributed by atoms with Crippen LogP contribution in [0.25, 0.3) is 22.2 Å². The van der Waals surface area contributed by atoms with Crippen molar-refractivity contribution in [2.45, 2.75) is 75.9 Å². The second kappa shape index (κ2) is 10.1. The largest absolute Gasteiger partial charge is 0.461 e. The molecule has 230 valence electrons. The van der Waals surface area contributed by atoms with E-state index < -0.39 is 35.0 Å². The van der Waals surface area contributed by atoms with Gasteiger partial charge in [0.05, 0.1) is 16.8 Å². The Labute approximate surface area is 245 Å². The lowest BCUT2D eigenvalue weighted by molar-refractivity contribution is -0.137. The van der Waals surface area contributed by atoms with E-state index in [0.717, 1.165) is 38.3 Å². The van der Waals surface area contributed by atoms with Crippen molar-refractivity contribution in [3.8, 4) is 17.3 Å². The third kappa shape index (κ3) is 4.84. The van der Waals surface area contributed by atoms with Gasteiger partial charge in [-0.15, -0.1) is 0 Å². The zero-order chi connectivity index (χ0) is 30.3. The van der Waals surface area contributed by atoms with Crippen LogP contribution in [-0.2, 0) is 6.18 Å². The van der Waals surface area contributed by atoms with E-state index in [-0.39, 0.29) is 52.7 Å². The lowest BCUT2D eigenvalue weighted by Crippen LogP contribution is -2.51. The van der Waals surface area contributed by atoms with Crippen LogP contribution in [-0.4, -0.2) is 76.4 Å². The van der Waals surface area contributed by atoms with Crippen LogP contribution in [0.5, 0.6) is 6.01 Å². The van der Waals surface area contributed by atoms with Crippen LogP contribution in [0, 0.1) is 19.7 Å². The fourth-order valence-corrected chi connectivity index (χ4v) is 7.77. The normalized spacial score (nSPS) is 27.3. The predicted octanol–water partition coefficient (Wildman–Crippen LogP) is 4.94. The van der Waals surface area contributed by atoms with Crippen molar-refractivity contribution >= 4 is 22.5 Å². The van der Waals surface area contributed by atoms with Crippen molar-refractivity contribution in [3.05, 3.63) is 34.6 Å². The van der Waals surface area contributed by atoms with Crippen LogP contribution in [0.1, 0.15) is 48.8 Å². The number of benzene rings is 1. The van der Waals surface area contributed by atoms with E-state index in [2.05, 4.69) is 25.1 Å². The minimum absolute atomic E-state index is 0.0848. The summed E-state index contributed by atoms with van der Waals surface area (Å²) in [5.74, 6) is -0.628. The number of piperazine rings is 1. The number of halogens is 5. The molecule has 2 bridgehead atoms. The molecule has 2 aromatic heterocycles. The molecule has 4 aliphatic rings. The van der Waals surface area contributed by atoms with E-state index in [9.17, 15) is 17.6 Å². The van der Waals surface area contributed by atoms with Crippen LogP contribution >= 0.6 is 0 Å². The van der Waals surface area contributed by atoms with Crippen molar-refractivity contribution in [2.75, 3.05) is 43.4 Å². The van der Waals surface area contributed by atoms with Gasteiger partial charge in [0.2, 0.25) is 0 Å². The van der Waals surface area contributed by atoms with Crippen molar-refractivity contribution in [1.29, 1.82) is 0 Å². The number of anilines is 2. The number of pyridine rings is 1. The molecule has 1 aromatic carbocycles. The summed E-state index contributed by atoms with van der Waals surface area (Å²) < 4.78 is 79.9. The monoisotopic (exact) mass is 603 g/mol. The summed E-state index contributed by atoms with van der Waals surface area (Å²) in [6.07, 6.45) is -1.69. The van der Waals surface area contributed by atoms with Gasteiger partial charge in [-0.1, -0.05) is 0 Å². The number of nitrogen functional groups attached to an aromatic ring is 1. The van der Waals surface area contributed by atoms with Crippen molar-refractivity contribution in [1.82, 2.24) is 25.2 Å². The van der Waals surface area contributed by atoms with Gasteiger partial charge in [-0.2, -0.15) is 23.1 Å². The van der Waals surface area contributed by atoms with Crippen LogP contribution in [0.4, 0.5) is 33.6 Å². The van der Waals surface area contributed by atoms with E-state index in [1.165, 1.54) is 6.92 Å². The third-order valence-corrected chi connectivity index (χ3v) is 9.59. The van der Waals surface area contributed by atoms with Crippen LogP contribution in [0.2, 0.25) is 0 Å². The lowest BCUT2D eigenvalue weighted by atomic mass is 9.95. The van der Waals surface area contributed by atoms with Gasteiger partial charge in [0.15, 0.2) is 5.82 Å². The Morgan fingerprint density at radius 1 is 1.07 bits per heavy atom. The quantitative estimate of drug-likeness (QED) is 0.397. The molecule has 3 aromatic rings. The number of rotatable bonds is 5. The standard InChI is InChI=1S/C30H34F5N7O/c1-15-8-20-25(24(32)22(15)26-23(30(33,34)35)16(2)9-21(36)38-26)39-28(40-27(20)41-12-18-4-5-19(13-41)37-18)43-14-29-6-3-7-42(29)11-17(31)10-29/h8-9,17-19,37H,3-7,10-14H2,1-2H3,(H2,36,38)/t17-,18?,19?,29+/m1/s1. The van der Waals surface area contributed by atoms with Crippen LogP contribution < -0.4 is 20.7 Å². The molecule has 6 heterocycles. The summed E-state index contributed by atoms with van der Waals surface area (Å²) in [7, 11) is 0. The van der Waals surface area contributed by atoms with Gasteiger partial charge in [0.1, 0.15) is 29.9 Å². The first-order valence-corrected chi connectivity index (χ1v) is 14.8. The molecule has 4 fully saturated rings. The molecule has 7 rings (SSSR count). The highest BCUT2D eigenvalue weighted by Gasteiger charge is 2.49. The first kappa shape index (κ1) is 28.5. The summed E-state index contributed by atoms with van der Waals surface area (Å²) >= 11 is 0. The molecule has 4 saturated heterocycles. The molecule has 0 aliphatic carbocycles. The number of aromatic nitrogens is 3. The van der Waals surface area contributed by atoms with Crippen LogP contribution in [0.3, 0.4) is 0 Å². The molecule has 4 atom stereocenters. The van der Waals surface area contributed by atoms with Crippen molar-refractivity contribution in [2.24, 2.45) is 0 Å². The Kier molecular flexibility index (Phi) is 6.69. The summed E-state index contributed by atoms with van der Waals surface area (Å²) in [5, 5.41) is 3.95. The zero-order valence-electron chi connectivity index (χ0n) is 24.1. The Bertz CT molecular complexity index is 1590. The minimum atomic E-state index is -4.79. The number of nitrogens with one attached hydrogen (secondary N) is 1. The SMILES string of the molecule is Cc1cc2c(N3CC4CCC(C3)N4)nc(OC[C@@]34CCCN3C[C@H](F)C4)nc2c(F)c1-c1nc(N)cc(C)c1C(F)(F)F. The summed E-state index contributed by atoms with van der Waals surface area (Å²) in [5.41, 5.74) is 3.39. The zero-order valence-corrected chi connectivity index (χ0v) is 24.1. The van der Waals surface area contributed by atoms with E-state index in [4.69, 9.17) is 15.5 Å². The van der Waals surface area contributed by atoms with Crippen molar-refractivity contribution < 1.29 is 26.7 Å². The average Bonchev–Trinajstić information content (AvgIpc) is 3.56. The molecule has 4 aliphatic heterocycles. The summed E-state index contributed by atoms with van der Waals surface area (Å²) in [4.78, 5) is 17.3. The topological polar surface area (TPSA) is 92.4 Å². The number of hydrogen-bond donors (Lipinski definition) is 2. The van der Waals surface area contributed by atoms with Gasteiger partial charge in [-0.3, -0.25) is 4.90 Å². The van der Waals surface area contributed by atoms with Gasteiger partial charge in [0.25, 0.3) is 0 Å². The molecule has 8 nitrogen and oxygen atoms in total. The number of ether oxygens (including phenoxy) is 1. The predicted molar refractivity (Wildman–Crippen MR) is 152 cm³/mol. The molecule has 0 amide bonds. The van der Waals surface area contributed by atoms with E-state index in [1.54, 1.807) is 13.0 Å². The van der Waals surface area contributed by atoms with E-state index in [1.807, 2.05) is 0 Å². The highest BCUT2D eigenvalue weighted by molar-refractivity contribution is 5.95. The number of nitrogens with two attached hydrogens (primary N) is 1. The Morgan fingerprint density at radius 3 is 2.53 bits per heavy atom. The van der Waals surface area contributed by atoms with Gasteiger partial charge >= 0.3 is 12.2 Å². The molecule has 3 N–H and O–H groups in total. The van der Waals surface area contributed by atoms with Crippen LogP contribution in [0.15, 0.2) is 12.1 Å². The number of alkyl halides is 4. The highest BCUT2D eigenvalue weighted by atomic mass is 19.4. The summed E-state index contributed by atoms with van der Waals surface area (Å²) in [6.45, 7) is 5.37. The first-order valence-electron chi connectivity index (χ1n) is 14.8. The Hall–Kier alpha value is -3.32. The number of nitrogens with zero attached hydrogens (tertiary/aromatic N) is 5. The fourth-order valence-electron chi connectivity index (χ4n) is 7.77. The van der Waals surface area contributed by atoms with Crippen molar-refractivity contribution in [3.63, 3.8) is 0 Å². The Balaban J connectivity index is 1.38. The molecule has 0 spiro atoms. The van der Waals surface area contributed by atoms with Gasteiger partial charge < -0.3 is 20.7 Å². The molecule has 0 saturated carbocycles. The molecule has 0 radical (unpaired) electrons. The van der Waals surface area contributed by atoms with E-state index >= 15 is 4.39 Å². The Morgan fingerprint density at radius 2 is 1.81 bits per heavy atom. The van der Waals surface area contributed by atoms with E-state index in [0.29, 0.717) is 37.3 Å². The molecule has 43 heavy (non-hydrogen) atoms. The maximum Gasteiger partial charge on any atom is 0.418 e. The molecular weight excluding hydrogens is 569 g/mol. The van der Waals surface area contributed by atoms with Gasteiger partial charge in [-0.25, -0.2) is 13.8 Å². The lowest BCUT2D eigenvalue weighted by Gasteiger charge is -2.35. The second-order valence-electron chi connectivity index (χ2n) is 12.6. The minimum Gasteiger partial charge on any atom is -0.461 e. The number of hydrogen-bond acceptors (Lipinski definition) is 8. The maximum absolute atomic E-state index is 16.7. The number of aryl methyl sites for hydroxylation is 2. The number of fused-ring (bicyclic) bond motifs is 4. The second-order valence-corrected chi connectivity index (χ2v) is 12.6. The smallest absolute Gasteiger partial charge is 0.418 e. The van der Waals surface area contributed by atoms with Gasteiger partial charge in [0, 0.05) is 49.1 Å². The first-order chi connectivity index (χ1) is 20.4. The molecule has 13 heteroatoms. The molecular formula is C30H34F5N7O. The third-order valence-electron chi connectivity index (χ3n) is 9.59.